The number of benzene rings is 2. The molecule has 0 bridgehead atoms. The first-order chi connectivity index (χ1) is 16.6. The summed E-state index contributed by atoms with van der Waals surface area (Å²) in [5.41, 5.74) is 3.64. The number of H-pyrrole nitrogens is 1. The molecule has 5 rings (SSSR count). The second-order valence-corrected chi connectivity index (χ2v) is 8.03. The highest BCUT2D eigenvalue weighted by Gasteiger charge is 2.10. The first-order valence-corrected chi connectivity index (χ1v) is 11.2. The Labute approximate surface area is 195 Å². The molecule has 0 saturated carbocycles. The molecule has 176 valence electrons. The Balaban J connectivity index is 1.20. The van der Waals surface area contributed by atoms with Gasteiger partial charge in [0.25, 0.3) is 0 Å². The Bertz CT molecular complexity index is 1310. The smallest absolute Gasteiger partial charge is 0.417 e. The third-order valence-electron chi connectivity index (χ3n) is 5.54. The lowest BCUT2D eigenvalue weighted by Gasteiger charge is -2.26. The van der Waals surface area contributed by atoms with E-state index in [-0.39, 0.29) is 0 Å². The highest BCUT2D eigenvalue weighted by atomic mass is 16.5. The molecule has 10 nitrogen and oxygen atoms in total. The SMILES string of the molecule is Cc1cnc(Nc2ccc(OCCN3CCOCC3)cc2)nc1Nc1ccc2oc(=O)[nH]c2c1. The van der Waals surface area contributed by atoms with E-state index < -0.39 is 5.76 Å². The average Bonchev–Trinajstić information content (AvgIpc) is 3.22. The van der Waals surface area contributed by atoms with Crippen molar-refractivity contribution in [2.75, 3.05) is 50.1 Å². The Kier molecular flexibility index (Phi) is 6.41. The van der Waals surface area contributed by atoms with Gasteiger partial charge in [0, 0.05) is 42.8 Å². The first kappa shape index (κ1) is 21.9. The van der Waals surface area contributed by atoms with Gasteiger partial charge in [-0.05, 0) is 49.4 Å². The number of aromatic amines is 1. The summed E-state index contributed by atoms with van der Waals surface area (Å²) in [6.45, 7) is 6.95. The third kappa shape index (κ3) is 5.36. The van der Waals surface area contributed by atoms with Crippen molar-refractivity contribution >= 4 is 34.2 Å². The van der Waals surface area contributed by atoms with E-state index in [2.05, 4.69) is 30.5 Å². The number of nitrogens with zero attached hydrogens (tertiary/aromatic N) is 3. The van der Waals surface area contributed by atoms with E-state index in [4.69, 9.17) is 13.9 Å². The molecule has 0 atom stereocenters. The molecule has 3 heterocycles. The zero-order valence-corrected chi connectivity index (χ0v) is 18.8. The van der Waals surface area contributed by atoms with Crippen LogP contribution in [-0.4, -0.2) is 59.3 Å². The molecule has 4 aromatic rings. The minimum absolute atomic E-state index is 0.465. The van der Waals surface area contributed by atoms with Gasteiger partial charge in [0.15, 0.2) is 5.58 Å². The van der Waals surface area contributed by atoms with Gasteiger partial charge in [-0.15, -0.1) is 0 Å². The van der Waals surface area contributed by atoms with Crippen molar-refractivity contribution in [2.24, 2.45) is 0 Å². The van der Waals surface area contributed by atoms with E-state index in [1.807, 2.05) is 37.3 Å². The summed E-state index contributed by atoms with van der Waals surface area (Å²) in [7, 11) is 0. The van der Waals surface area contributed by atoms with Gasteiger partial charge in [-0.25, -0.2) is 9.78 Å². The molecule has 1 aliphatic rings. The zero-order valence-electron chi connectivity index (χ0n) is 18.8. The van der Waals surface area contributed by atoms with Crippen LogP contribution in [-0.2, 0) is 4.74 Å². The second-order valence-electron chi connectivity index (χ2n) is 8.03. The van der Waals surface area contributed by atoms with Gasteiger partial charge in [0.05, 0.1) is 18.7 Å². The Morgan fingerprint density at radius 1 is 1.09 bits per heavy atom. The summed E-state index contributed by atoms with van der Waals surface area (Å²) in [5.74, 6) is 1.46. The molecule has 0 amide bonds. The van der Waals surface area contributed by atoms with Crippen molar-refractivity contribution in [3.63, 3.8) is 0 Å². The maximum Gasteiger partial charge on any atom is 0.417 e. The van der Waals surface area contributed by atoms with Crippen LogP contribution in [0, 0.1) is 6.92 Å². The molecular formula is C24H26N6O4. The van der Waals surface area contributed by atoms with Crippen LogP contribution in [0.3, 0.4) is 0 Å². The number of fused-ring (bicyclic) bond motifs is 1. The van der Waals surface area contributed by atoms with Gasteiger partial charge < -0.3 is 24.5 Å². The van der Waals surface area contributed by atoms with Crippen LogP contribution in [0.2, 0.25) is 0 Å². The molecule has 0 radical (unpaired) electrons. The summed E-state index contributed by atoms with van der Waals surface area (Å²) >= 11 is 0. The predicted molar refractivity (Wildman–Crippen MR) is 129 cm³/mol. The fourth-order valence-electron chi connectivity index (χ4n) is 3.68. The second kappa shape index (κ2) is 9.94. The maximum atomic E-state index is 11.4. The number of ether oxygens (including phenoxy) is 2. The lowest BCUT2D eigenvalue weighted by atomic mass is 10.2. The largest absolute Gasteiger partial charge is 0.492 e. The molecule has 0 spiro atoms. The molecule has 34 heavy (non-hydrogen) atoms. The molecule has 1 aliphatic heterocycles. The van der Waals surface area contributed by atoms with Crippen molar-refractivity contribution < 1.29 is 13.9 Å². The normalized spacial score (nSPS) is 14.3. The number of rotatable bonds is 8. The average molecular weight is 463 g/mol. The summed E-state index contributed by atoms with van der Waals surface area (Å²) in [4.78, 5) is 25.4. The highest BCUT2D eigenvalue weighted by molar-refractivity contribution is 5.78. The third-order valence-corrected chi connectivity index (χ3v) is 5.54. The topological polar surface area (TPSA) is 118 Å². The number of nitrogens with one attached hydrogen (secondary N) is 3. The molecular weight excluding hydrogens is 436 g/mol. The standard InChI is InChI=1S/C24H26N6O4/c1-16-15-25-23(29-22(16)26-18-4-7-21-20(14-18)28-24(31)34-21)27-17-2-5-19(6-3-17)33-13-10-30-8-11-32-12-9-30/h2-7,14-15H,8-13H2,1H3,(H,28,31)(H2,25,26,27,29). The van der Waals surface area contributed by atoms with Crippen LogP contribution in [0.25, 0.3) is 11.1 Å². The van der Waals surface area contributed by atoms with E-state index in [1.165, 1.54) is 0 Å². The Hall–Kier alpha value is -3.89. The fraction of sp³-hybridized carbons (Fsp3) is 0.292. The lowest BCUT2D eigenvalue weighted by molar-refractivity contribution is 0.0322. The predicted octanol–water partition coefficient (Wildman–Crippen LogP) is 3.42. The van der Waals surface area contributed by atoms with E-state index in [0.717, 1.165) is 55.5 Å². The maximum absolute atomic E-state index is 11.4. The molecule has 1 fully saturated rings. The lowest BCUT2D eigenvalue weighted by Crippen LogP contribution is -2.38. The number of oxazole rings is 1. The molecule has 10 heteroatoms. The minimum Gasteiger partial charge on any atom is -0.492 e. The first-order valence-electron chi connectivity index (χ1n) is 11.2. The Morgan fingerprint density at radius 3 is 2.71 bits per heavy atom. The van der Waals surface area contributed by atoms with E-state index in [1.54, 1.807) is 18.3 Å². The summed E-state index contributed by atoms with van der Waals surface area (Å²) in [5, 5.41) is 6.50. The van der Waals surface area contributed by atoms with Crippen molar-refractivity contribution in [1.82, 2.24) is 19.9 Å². The van der Waals surface area contributed by atoms with Gasteiger partial charge >= 0.3 is 5.76 Å². The van der Waals surface area contributed by atoms with Gasteiger partial charge in [-0.1, -0.05) is 0 Å². The van der Waals surface area contributed by atoms with E-state index in [9.17, 15) is 4.79 Å². The van der Waals surface area contributed by atoms with Crippen LogP contribution in [0.5, 0.6) is 5.75 Å². The van der Waals surface area contributed by atoms with Crippen molar-refractivity contribution in [1.29, 1.82) is 0 Å². The van der Waals surface area contributed by atoms with Crippen molar-refractivity contribution in [3.8, 4) is 5.75 Å². The van der Waals surface area contributed by atoms with Crippen LogP contribution in [0.1, 0.15) is 5.56 Å². The number of aromatic nitrogens is 3. The Morgan fingerprint density at radius 2 is 1.88 bits per heavy atom. The molecule has 0 unspecified atom stereocenters. The number of aryl methyl sites for hydroxylation is 1. The number of morpholine rings is 1. The minimum atomic E-state index is -0.481. The zero-order chi connectivity index (χ0) is 23.3. The quantitative estimate of drug-likeness (QED) is 0.362. The van der Waals surface area contributed by atoms with E-state index >= 15 is 0 Å². The van der Waals surface area contributed by atoms with Gasteiger partial charge in [-0.2, -0.15) is 4.98 Å². The van der Waals surface area contributed by atoms with Crippen LogP contribution in [0.4, 0.5) is 23.1 Å². The van der Waals surface area contributed by atoms with Crippen LogP contribution in [0.15, 0.2) is 57.9 Å². The molecule has 3 N–H and O–H groups in total. The number of hydrogen-bond acceptors (Lipinski definition) is 9. The molecule has 2 aromatic carbocycles. The van der Waals surface area contributed by atoms with Gasteiger partial charge in [0.1, 0.15) is 18.2 Å². The highest BCUT2D eigenvalue weighted by Crippen LogP contribution is 2.24. The van der Waals surface area contributed by atoms with Gasteiger partial charge in [0.2, 0.25) is 5.95 Å². The fourth-order valence-corrected chi connectivity index (χ4v) is 3.68. The number of hydrogen-bond donors (Lipinski definition) is 3. The summed E-state index contributed by atoms with van der Waals surface area (Å²) in [6, 6.07) is 13.1. The molecule has 2 aromatic heterocycles. The number of anilines is 4. The summed E-state index contributed by atoms with van der Waals surface area (Å²) < 4.78 is 16.3. The molecule has 0 aliphatic carbocycles. The van der Waals surface area contributed by atoms with Crippen LogP contribution < -0.4 is 21.1 Å². The monoisotopic (exact) mass is 462 g/mol. The van der Waals surface area contributed by atoms with Crippen LogP contribution >= 0.6 is 0 Å². The van der Waals surface area contributed by atoms with Crippen molar-refractivity contribution in [2.45, 2.75) is 6.92 Å². The summed E-state index contributed by atoms with van der Waals surface area (Å²) in [6.07, 6.45) is 1.75. The molecule has 1 saturated heterocycles. The van der Waals surface area contributed by atoms with Gasteiger partial charge in [-0.3, -0.25) is 9.88 Å². The van der Waals surface area contributed by atoms with Crippen molar-refractivity contribution in [3.05, 3.63) is 64.8 Å². The van der Waals surface area contributed by atoms with E-state index in [0.29, 0.717) is 29.5 Å².